The Morgan fingerprint density at radius 2 is 1.62 bits per heavy atom. The van der Waals surface area contributed by atoms with Crippen LogP contribution in [0.4, 0.5) is 14.5 Å². The summed E-state index contributed by atoms with van der Waals surface area (Å²) < 4.78 is 75.0. The van der Waals surface area contributed by atoms with Crippen LogP contribution in [0.2, 0.25) is 21.6 Å². The van der Waals surface area contributed by atoms with Gasteiger partial charge in [0.15, 0.2) is 0 Å². The van der Waals surface area contributed by atoms with E-state index < -0.39 is 30.0 Å². The Morgan fingerprint density at radius 3 is 2.19 bits per heavy atom. The van der Waals surface area contributed by atoms with E-state index in [0.717, 1.165) is 22.2 Å². The second-order valence-electron chi connectivity index (χ2n) is 14.3. The number of nitrogens with zero attached hydrogens (tertiary/aromatic N) is 3. The maximum Gasteiger partial charge on any atom is 0.258 e. The predicted molar refractivity (Wildman–Crippen MR) is 204 cm³/mol. The minimum Gasteiger partial charge on any atom is -0.541 e. The Morgan fingerprint density at radius 1 is 0.962 bits per heavy atom. The fourth-order valence-corrected chi connectivity index (χ4v) is 13.7. The summed E-state index contributed by atoms with van der Waals surface area (Å²) in [5.74, 6) is -0.536. The second kappa shape index (κ2) is 14.8. The molecule has 52 heavy (non-hydrogen) atoms. The van der Waals surface area contributed by atoms with Gasteiger partial charge in [-0.15, -0.1) is 0 Å². The first-order chi connectivity index (χ1) is 24.3. The molecule has 0 radical (unpaired) electrons. The Balaban J connectivity index is 1.81. The lowest BCUT2D eigenvalue weighted by molar-refractivity contribution is 0.0764. The van der Waals surface area contributed by atoms with Gasteiger partial charge in [-0.1, -0.05) is 53.1 Å². The van der Waals surface area contributed by atoms with E-state index in [0.29, 0.717) is 39.3 Å². The number of pyridine rings is 1. The van der Waals surface area contributed by atoms with E-state index in [-0.39, 0.29) is 63.9 Å². The van der Waals surface area contributed by atoms with Crippen LogP contribution < -0.4 is 18.2 Å². The zero-order valence-corrected chi connectivity index (χ0v) is 33.8. The Bertz CT molecular complexity index is 2130. The molecule has 0 aliphatic carbocycles. The largest absolute Gasteiger partial charge is 0.541 e. The average Bonchev–Trinajstić information content (AvgIpc) is 3.39. The summed E-state index contributed by atoms with van der Waals surface area (Å²) in [6.45, 7) is 13.0. The normalized spacial score (nSPS) is 13.5. The highest BCUT2D eigenvalue weighted by Crippen LogP contribution is 2.50. The van der Waals surface area contributed by atoms with Crippen LogP contribution in [0.5, 0.6) is 17.2 Å². The third-order valence-electron chi connectivity index (χ3n) is 10.2. The topological polar surface area (TPSA) is 98.3 Å². The number of hydrogen-bond donors (Lipinski definition) is 0. The first-order valence-electron chi connectivity index (χ1n) is 17.1. The maximum atomic E-state index is 14.9. The van der Waals surface area contributed by atoms with Crippen LogP contribution in [-0.4, -0.2) is 60.0 Å². The van der Waals surface area contributed by atoms with E-state index in [1.165, 1.54) is 13.1 Å². The van der Waals surface area contributed by atoms with Gasteiger partial charge in [-0.3, -0.25) is 14.1 Å². The highest BCUT2D eigenvalue weighted by molar-refractivity contribution is 7.92. The number of amides is 1. The molecule has 0 N–H and O–H groups in total. The number of hydrogen-bond acceptors (Lipinski definition) is 7. The number of sulfonamides is 1. The van der Waals surface area contributed by atoms with E-state index in [2.05, 4.69) is 41.5 Å². The van der Waals surface area contributed by atoms with Crippen molar-refractivity contribution in [1.82, 2.24) is 9.88 Å². The van der Waals surface area contributed by atoms with Crippen molar-refractivity contribution in [3.63, 3.8) is 0 Å². The number of ether oxygens (including phenoxy) is 2. The molecule has 280 valence electrons. The molecule has 0 atom stereocenters. The van der Waals surface area contributed by atoms with Gasteiger partial charge in [0.05, 0.1) is 36.7 Å². The quantitative estimate of drug-likeness (QED) is 0.0989. The minimum atomic E-state index is -3.87. The minimum absolute atomic E-state index is 0.00489. The van der Waals surface area contributed by atoms with Crippen LogP contribution in [0.15, 0.2) is 42.6 Å². The summed E-state index contributed by atoms with van der Waals surface area (Å²) in [6.07, 6.45) is 2.63. The second-order valence-corrected chi connectivity index (χ2v) is 22.1. The standard InChI is InChI=1S/C38H46ClF2N3O6SSi/c1-21(2)52(22(3)4,23(5)6)50-37-34-29(20-44(38(34)45)19-25-11-12-27(48-8)16-33(25)49-9)36(43(7)51(10,46)47)28-14-24(18-42-35(28)37)13-26-15-30(39)32(41)17-31(26)40/h11-12,14-18,21-23H,13,19-20H2,1-10H3. The monoisotopic (exact) mass is 773 g/mol. The van der Waals surface area contributed by atoms with Crippen molar-refractivity contribution in [3.8, 4) is 17.2 Å². The van der Waals surface area contributed by atoms with Gasteiger partial charge in [-0.25, -0.2) is 17.2 Å². The molecule has 0 bridgehead atoms. The third kappa shape index (κ3) is 7.06. The fourth-order valence-electron chi connectivity index (χ4n) is 7.69. The van der Waals surface area contributed by atoms with Gasteiger partial charge in [-0.2, -0.15) is 0 Å². The Kier molecular flexibility index (Phi) is 11.2. The first-order valence-corrected chi connectivity index (χ1v) is 21.5. The van der Waals surface area contributed by atoms with Crippen LogP contribution in [0.3, 0.4) is 0 Å². The van der Waals surface area contributed by atoms with Crippen LogP contribution in [0, 0.1) is 11.6 Å². The molecule has 0 unspecified atom stereocenters. The number of anilines is 1. The molecule has 5 rings (SSSR count). The number of fused-ring (bicyclic) bond motifs is 2. The van der Waals surface area contributed by atoms with E-state index in [9.17, 15) is 22.0 Å². The van der Waals surface area contributed by atoms with Gasteiger partial charge >= 0.3 is 0 Å². The van der Waals surface area contributed by atoms with Crippen molar-refractivity contribution in [2.45, 2.75) is 77.7 Å². The van der Waals surface area contributed by atoms with Gasteiger partial charge in [0.1, 0.15) is 34.4 Å². The SMILES string of the molecule is COc1ccc(CN2Cc3c(c(O[Si](C(C)C)(C(C)C)C(C)C)c4ncc(Cc5cc(Cl)c(F)cc5F)cc4c3N(C)S(C)(=O)=O)C2=O)c(OC)c1. The zero-order chi connectivity index (χ0) is 38.4. The van der Waals surface area contributed by atoms with E-state index in [4.69, 9.17) is 30.5 Å². The van der Waals surface area contributed by atoms with Crippen LogP contribution in [-0.2, 0) is 29.5 Å². The van der Waals surface area contributed by atoms with E-state index in [1.54, 1.807) is 43.5 Å². The van der Waals surface area contributed by atoms with Crippen molar-refractivity contribution in [2.24, 2.45) is 0 Å². The molecule has 1 aliphatic heterocycles. The number of rotatable bonds is 13. The van der Waals surface area contributed by atoms with Gasteiger partial charge in [0.2, 0.25) is 10.0 Å². The molecule has 0 spiro atoms. The summed E-state index contributed by atoms with van der Waals surface area (Å²) in [5, 5.41) is 0.198. The third-order valence-corrected chi connectivity index (χ3v) is 17.7. The molecule has 3 aromatic carbocycles. The molecule has 0 fully saturated rings. The summed E-state index contributed by atoms with van der Waals surface area (Å²) in [6, 6.07) is 9.06. The van der Waals surface area contributed by atoms with Crippen molar-refractivity contribution < 1.29 is 35.9 Å². The molecule has 0 saturated carbocycles. The van der Waals surface area contributed by atoms with Gasteiger partial charge in [0, 0.05) is 61.4 Å². The van der Waals surface area contributed by atoms with Gasteiger partial charge in [-0.05, 0) is 52.0 Å². The van der Waals surface area contributed by atoms with Gasteiger partial charge < -0.3 is 18.8 Å². The number of benzene rings is 3. The molecule has 1 aliphatic rings. The molecule has 0 saturated heterocycles. The summed E-state index contributed by atoms with van der Waals surface area (Å²) in [5.41, 5.74) is 3.14. The lowest BCUT2D eigenvalue weighted by Crippen LogP contribution is -2.51. The summed E-state index contributed by atoms with van der Waals surface area (Å²) in [7, 11) is -2.06. The molecule has 4 aromatic rings. The number of halogens is 3. The zero-order valence-electron chi connectivity index (χ0n) is 31.2. The number of carbonyl (C=O) groups excluding carboxylic acids is 1. The molecule has 9 nitrogen and oxygen atoms in total. The average molecular weight is 774 g/mol. The Labute approximate surface area is 311 Å². The highest BCUT2D eigenvalue weighted by atomic mass is 35.5. The lowest BCUT2D eigenvalue weighted by Gasteiger charge is -2.42. The van der Waals surface area contributed by atoms with Gasteiger partial charge in [0.25, 0.3) is 14.2 Å². The molecular weight excluding hydrogens is 728 g/mol. The maximum absolute atomic E-state index is 14.9. The molecule has 1 amide bonds. The highest BCUT2D eigenvalue weighted by Gasteiger charge is 2.49. The fraction of sp³-hybridized carbons (Fsp3) is 0.421. The summed E-state index contributed by atoms with van der Waals surface area (Å²) in [4.78, 5) is 21.2. The molecule has 14 heteroatoms. The van der Waals surface area contributed by atoms with Crippen LogP contribution >= 0.6 is 11.6 Å². The van der Waals surface area contributed by atoms with Crippen molar-refractivity contribution in [3.05, 3.63) is 87.1 Å². The van der Waals surface area contributed by atoms with E-state index in [1.807, 2.05) is 6.07 Å². The number of aromatic nitrogens is 1. The van der Waals surface area contributed by atoms with Crippen LogP contribution in [0.25, 0.3) is 10.9 Å². The van der Waals surface area contributed by atoms with Crippen LogP contribution in [0.1, 0.15) is 74.2 Å². The molecule has 1 aromatic heterocycles. The summed E-state index contributed by atoms with van der Waals surface area (Å²) >= 11 is 6.01. The number of carbonyl (C=O) groups is 1. The molecule has 2 heterocycles. The van der Waals surface area contributed by atoms with E-state index >= 15 is 0 Å². The first kappa shape index (κ1) is 39.3. The number of methoxy groups -OCH3 is 2. The Hall–Kier alpha value is -3.94. The predicted octanol–water partition coefficient (Wildman–Crippen LogP) is 8.88. The van der Waals surface area contributed by atoms with Crippen molar-refractivity contribution in [1.29, 1.82) is 0 Å². The smallest absolute Gasteiger partial charge is 0.258 e. The van der Waals surface area contributed by atoms with Crippen molar-refractivity contribution >= 4 is 52.4 Å². The lowest BCUT2D eigenvalue weighted by atomic mass is 9.98. The molecular formula is C38H46ClF2N3O6SSi. The van der Waals surface area contributed by atoms with Crippen molar-refractivity contribution in [2.75, 3.05) is 31.8 Å².